The van der Waals surface area contributed by atoms with Crippen LogP contribution in [0.3, 0.4) is 0 Å². The molecule has 0 amide bonds. The van der Waals surface area contributed by atoms with Gasteiger partial charge in [0.2, 0.25) is 5.95 Å². The van der Waals surface area contributed by atoms with Crippen LogP contribution in [0.4, 0.5) is 11.8 Å². The third-order valence-corrected chi connectivity index (χ3v) is 4.16. The number of hydrogen-bond acceptors (Lipinski definition) is 7. The lowest BCUT2D eigenvalue weighted by Crippen LogP contribution is -2.37. The smallest absolute Gasteiger partial charge is 0.225 e. The van der Waals surface area contributed by atoms with E-state index in [1.165, 1.54) is 0 Å². The second kappa shape index (κ2) is 6.34. The van der Waals surface area contributed by atoms with Gasteiger partial charge in [0, 0.05) is 19.6 Å². The van der Waals surface area contributed by atoms with E-state index in [2.05, 4.69) is 25.6 Å². The fourth-order valence-electron chi connectivity index (χ4n) is 2.22. The Labute approximate surface area is 122 Å². The number of aromatic nitrogens is 2. The molecule has 0 spiro atoms. The molecule has 0 bridgehead atoms. The van der Waals surface area contributed by atoms with Crippen LogP contribution in [0.15, 0.2) is 11.4 Å². The minimum absolute atomic E-state index is 0.671. The second-order valence-corrected chi connectivity index (χ2v) is 5.59. The minimum atomic E-state index is 0.671. The van der Waals surface area contributed by atoms with Gasteiger partial charge >= 0.3 is 0 Å². The summed E-state index contributed by atoms with van der Waals surface area (Å²) < 4.78 is 6.56. The number of nitrogens with two attached hydrogens (primary N) is 1. The van der Waals surface area contributed by atoms with Crippen LogP contribution in [-0.2, 0) is 4.74 Å². The van der Waals surface area contributed by atoms with Gasteiger partial charge in [-0.25, -0.2) is 4.98 Å². The number of anilines is 2. The molecule has 1 aliphatic heterocycles. The molecule has 20 heavy (non-hydrogen) atoms. The van der Waals surface area contributed by atoms with Crippen molar-refractivity contribution in [1.29, 1.82) is 0 Å². The average Bonchev–Trinajstić information content (AvgIpc) is 2.96. The Balaban J connectivity index is 1.89. The fourth-order valence-corrected chi connectivity index (χ4v) is 3.07. The van der Waals surface area contributed by atoms with Crippen molar-refractivity contribution in [3.63, 3.8) is 0 Å². The van der Waals surface area contributed by atoms with Crippen molar-refractivity contribution >= 4 is 33.3 Å². The van der Waals surface area contributed by atoms with Crippen LogP contribution < -0.4 is 16.0 Å². The topological polar surface area (TPSA) is 76.3 Å². The molecule has 2 aromatic rings. The highest BCUT2D eigenvalue weighted by Crippen LogP contribution is 2.30. The quantitative estimate of drug-likeness (QED) is 0.809. The van der Waals surface area contributed by atoms with Gasteiger partial charge in [-0.05, 0) is 24.4 Å². The summed E-state index contributed by atoms with van der Waals surface area (Å²) in [5.41, 5.74) is 6.51. The molecule has 3 rings (SSSR count). The highest BCUT2D eigenvalue weighted by Gasteiger charge is 2.18. The van der Waals surface area contributed by atoms with Gasteiger partial charge in [0.05, 0.1) is 23.4 Å². The van der Waals surface area contributed by atoms with Gasteiger partial charge in [-0.2, -0.15) is 4.98 Å². The second-order valence-electron chi connectivity index (χ2n) is 4.67. The van der Waals surface area contributed by atoms with E-state index in [4.69, 9.17) is 10.5 Å². The summed E-state index contributed by atoms with van der Waals surface area (Å²) in [6, 6.07) is 2.04. The number of nitrogens with zero attached hydrogens (tertiary/aromatic N) is 3. The average molecular weight is 293 g/mol. The summed E-state index contributed by atoms with van der Waals surface area (Å²) in [5.74, 6) is 1.70. The number of nitrogens with one attached hydrogen (secondary N) is 1. The Bertz CT molecular complexity index is 567. The Morgan fingerprint density at radius 2 is 2.20 bits per heavy atom. The SMILES string of the molecule is NCCCNc1nc(N2CCOCC2)c2sccc2n1. The van der Waals surface area contributed by atoms with Crippen molar-refractivity contribution in [3.05, 3.63) is 11.4 Å². The molecule has 1 fully saturated rings. The van der Waals surface area contributed by atoms with Crippen LogP contribution in [0.1, 0.15) is 6.42 Å². The maximum Gasteiger partial charge on any atom is 0.225 e. The number of morpholine rings is 1. The summed E-state index contributed by atoms with van der Waals surface area (Å²) in [6.07, 6.45) is 0.915. The van der Waals surface area contributed by atoms with Crippen molar-refractivity contribution < 1.29 is 4.74 Å². The molecule has 7 heteroatoms. The number of ether oxygens (including phenoxy) is 1. The van der Waals surface area contributed by atoms with Crippen LogP contribution in [0, 0.1) is 0 Å². The van der Waals surface area contributed by atoms with Crippen LogP contribution in [0.2, 0.25) is 0 Å². The summed E-state index contributed by atoms with van der Waals surface area (Å²) in [6.45, 7) is 4.75. The molecule has 0 atom stereocenters. The van der Waals surface area contributed by atoms with E-state index in [1.54, 1.807) is 11.3 Å². The largest absolute Gasteiger partial charge is 0.378 e. The molecule has 0 unspecified atom stereocenters. The van der Waals surface area contributed by atoms with Crippen molar-refractivity contribution in [1.82, 2.24) is 9.97 Å². The highest BCUT2D eigenvalue weighted by molar-refractivity contribution is 7.17. The maximum atomic E-state index is 5.51. The minimum Gasteiger partial charge on any atom is -0.378 e. The molecule has 0 aliphatic carbocycles. The first-order chi connectivity index (χ1) is 9.88. The lowest BCUT2D eigenvalue weighted by molar-refractivity contribution is 0.122. The van der Waals surface area contributed by atoms with Gasteiger partial charge < -0.3 is 20.7 Å². The molecule has 3 N–H and O–H groups in total. The van der Waals surface area contributed by atoms with Gasteiger partial charge in [0.25, 0.3) is 0 Å². The monoisotopic (exact) mass is 293 g/mol. The lowest BCUT2D eigenvalue weighted by Gasteiger charge is -2.28. The van der Waals surface area contributed by atoms with E-state index in [0.29, 0.717) is 12.5 Å². The molecule has 6 nitrogen and oxygen atoms in total. The first kappa shape index (κ1) is 13.5. The Kier molecular flexibility index (Phi) is 4.29. The van der Waals surface area contributed by atoms with E-state index in [1.807, 2.05) is 6.07 Å². The molecule has 1 saturated heterocycles. The van der Waals surface area contributed by atoms with Gasteiger partial charge in [-0.15, -0.1) is 11.3 Å². The zero-order valence-electron chi connectivity index (χ0n) is 11.3. The molecule has 3 heterocycles. The fraction of sp³-hybridized carbons (Fsp3) is 0.538. The first-order valence-electron chi connectivity index (χ1n) is 6.90. The number of rotatable bonds is 5. The van der Waals surface area contributed by atoms with E-state index in [-0.39, 0.29) is 0 Å². The molecular weight excluding hydrogens is 274 g/mol. The normalized spacial score (nSPS) is 15.8. The number of hydrogen-bond donors (Lipinski definition) is 2. The molecule has 0 saturated carbocycles. The summed E-state index contributed by atoms with van der Waals surface area (Å²) in [4.78, 5) is 11.5. The third kappa shape index (κ3) is 2.84. The van der Waals surface area contributed by atoms with Gasteiger partial charge in [-0.3, -0.25) is 0 Å². The highest BCUT2D eigenvalue weighted by atomic mass is 32.1. The van der Waals surface area contributed by atoms with E-state index in [0.717, 1.165) is 55.3 Å². The van der Waals surface area contributed by atoms with Gasteiger partial charge in [-0.1, -0.05) is 0 Å². The van der Waals surface area contributed by atoms with Crippen molar-refractivity contribution in [2.24, 2.45) is 5.73 Å². The van der Waals surface area contributed by atoms with Crippen molar-refractivity contribution in [2.75, 3.05) is 49.6 Å². The predicted octanol–water partition coefficient (Wildman–Crippen LogP) is 1.29. The van der Waals surface area contributed by atoms with Gasteiger partial charge in [0.15, 0.2) is 5.82 Å². The lowest BCUT2D eigenvalue weighted by atomic mass is 10.3. The summed E-state index contributed by atoms with van der Waals surface area (Å²) in [7, 11) is 0. The van der Waals surface area contributed by atoms with Crippen molar-refractivity contribution in [2.45, 2.75) is 6.42 Å². The first-order valence-corrected chi connectivity index (χ1v) is 7.78. The standard InChI is InChI=1S/C13H19N5OS/c14-3-1-4-15-13-16-10-2-9-20-11(10)12(17-13)18-5-7-19-8-6-18/h2,9H,1,3-8,14H2,(H,15,16,17). The van der Waals surface area contributed by atoms with Crippen LogP contribution in [-0.4, -0.2) is 49.4 Å². The van der Waals surface area contributed by atoms with E-state index < -0.39 is 0 Å². The Hall–Kier alpha value is -1.44. The van der Waals surface area contributed by atoms with Crippen molar-refractivity contribution in [3.8, 4) is 0 Å². The molecule has 108 valence electrons. The summed E-state index contributed by atoms with van der Waals surface area (Å²) in [5, 5.41) is 5.31. The Morgan fingerprint density at radius 1 is 1.35 bits per heavy atom. The van der Waals surface area contributed by atoms with Crippen LogP contribution in [0.25, 0.3) is 10.2 Å². The Morgan fingerprint density at radius 3 is 3.00 bits per heavy atom. The number of fused-ring (bicyclic) bond motifs is 1. The van der Waals surface area contributed by atoms with E-state index >= 15 is 0 Å². The molecular formula is C13H19N5OS. The predicted molar refractivity (Wildman–Crippen MR) is 82.6 cm³/mol. The molecule has 2 aromatic heterocycles. The molecule has 0 aromatic carbocycles. The van der Waals surface area contributed by atoms with Gasteiger partial charge in [0.1, 0.15) is 0 Å². The zero-order valence-corrected chi connectivity index (χ0v) is 12.2. The van der Waals surface area contributed by atoms with Crippen LogP contribution in [0.5, 0.6) is 0 Å². The van der Waals surface area contributed by atoms with E-state index in [9.17, 15) is 0 Å². The zero-order chi connectivity index (χ0) is 13.8. The summed E-state index contributed by atoms with van der Waals surface area (Å²) >= 11 is 1.69. The maximum absolute atomic E-state index is 5.51. The third-order valence-electron chi connectivity index (χ3n) is 3.26. The molecule has 1 aliphatic rings. The van der Waals surface area contributed by atoms with Crippen LogP contribution >= 0.6 is 11.3 Å². The number of thiophene rings is 1. The molecule has 0 radical (unpaired) electrons.